The Morgan fingerprint density at radius 1 is 1.20 bits per heavy atom. The number of aliphatic carboxylic acids is 1. The molecule has 0 rings (SSSR count). The molecule has 0 spiro atoms. The van der Waals surface area contributed by atoms with Crippen LogP contribution in [0.1, 0.15) is 26.7 Å². The molecular weight excluding hydrogens is 196 g/mol. The summed E-state index contributed by atoms with van der Waals surface area (Å²) in [5.74, 6) is -1.39. The summed E-state index contributed by atoms with van der Waals surface area (Å²) >= 11 is 0. The summed E-state index contributed by atoms with van der Waals surface area (Å²) < 4.78 is 0. The molecule has 0 aliphatic rings. The van der Waals surface area contributed by atoms with Gasteiger partial charge in [-0.1, -0.05) is 0 Å². The van der Waals surface area contributed by atoms with Gasteiger partial charge in [0.15, 0.2) is 0 Å². The number of amides is 1. The van der Waals surface area contributed by atoms with E-state index in [2.05, 4.69) is 5.32 Å². The molecule has 0 saturated heterocycles. The maximum absolute atomic E-state index is 11.4. The van der Waals surface area contributed by atoms with Crippen molar-refractivity contribution in [3.8, 4) is 0 Å². The number of hydrogen-bond donors (Lipinski definition) is 3. The van der Waals surface area contributed by atoms with Crippen LogP contribution in [0.25, 0.3) is 0 Å². The average molecular weight is 214 g/mol. The number of carbonyl (C=O) groups excluding carboxylic acids is 1. The van der Waals surface area contributed by atoms with E-state index in [-0.39, 0.29) is 17.1 Å². The van der Waals surface area contributed by atoms with Crippen LogP contribution in [-0.2, 0) is 9.59 Å². The lowest BCUT2D eigenvalue weighted by Gasteiger charge is -2.06. The Kier molecular flexibility index (Phi) is 6.37. The minimum Gasteiger partial charge on any atom is -0.478 e. The van der Waals surface area contributed by atoms with Gasteiger partial charge in [0, 0.05) is 17.7 Å². The second-order valence-corrected chi connectivity index (χ2v) is 3.31. The standard InChI is InChI=1S/C10H18N2O3/c1-7(8(2)10(14)15)9(13)12-6-4-3-5-11/h3-6,11H2,1-2H3,(H,12,13)(H,14,15). The first-order valence-electron chi connectivity index (χ1n) is 4.89. The van der Waals surface area contributed by atoms with Crippen molar-refractivity contribution in [1.29, 1.82) is 0 Å². The van der Waals surface area contributed by atoms with E-state index in [4.69, 9.17) is 10.8 Å². The quantitative estimate of drug-likeness (QED) is 0.437. The minimum atomic E-state index is -1.07. The first kappa shape index (κ1) is 13.6. The van der Waals surface area contributed by atoms with Gasteiger partial charge in [0.2, 0.25) is 5.91 Å². The number of carbonyl (C=O) groups is 2. The Bertz CT molecular complexity index is 272. The molecule has 0 radical (unpaired) electrons. The van der Waals surface area contributed by atoms with Gasteiger partial charge in [-0.25, -0.2) is 4.79 Å². The molecule has 0 fully saturated rings. The Hall–Kier alpha value is -1.36. The van der Waals surface area contributed by atoms with Crippen molar-refractivity contribution < 1.29 is 14.7 Å². The normalized spacial score (nSPS) is 11.9. The molecule has 5 nitrogen and oxygen atoms in total. The number of hydrogen-bond acceptors (Lipinski definition) is 3. The number of rotatable bonds is 6. The van der Waals surface area contributed by atoms with Gasteiger partial charge in [-0.15, -0.1) is 0 Å². The molecule has 0 aromatic heterocycles. The molecule has 0 saturated carbocycles. The summed E-state index contributed by atoms with van der Waals surface area (Å²) in [7, 11) is 0. The summed E-state index contributed by atoms with van der Waals surface area (Å²) in [5.41, 5.74) is 5.61. The number of nitrogens with two attached hydrogens (primary N) is 1. The van der Waals surface area contributed by atoms with Crippen molar-refractivity contribution in [2.24, 2.45) is 5.73 Å². The summed E-state index contributed by atoms with van der Waals surface area (Å²) in [6.45, 7) is 4.04. The summed E-state index contributed by atoms with van der Waals surface area (Å²) in [6, 6.07) is 0. The van der Waals surface area contributed by atoms with E-state index in [9.17, 15) is 9.59 Å². The van der Waals surface area contributed by atoms with E-state index < -0.39 is 5.97 Å². The monoisotopic (exact) mass is 214 g/mol. The van der Waals surface area contributed by atoms with Crippen LogP contribution in [0.5, 0.6) is 0 Å². The molecule has 0 bridgehead atoms. The first-order chi connectivity index (χ1) is 7.00. The highest BCUT2D eigenvalue weighted by Gasteiger charge is 2.11. The fourth-order valence-corrected chi connectivity index (χ4v) is 0.935. The predicted octanol–water partition coefficient (Wildman–Crippen LogP) is 0.263. The van der Waals surface area contributed by atoms with Crippen molar-refractivity contribution in [3.63, 3.8) is 0 Å². The van der Waals surface area contributed by atoms with E-state index in [1.165, 1.54) is 13.8 Å². The molecule has 15 heavy (non-hydrogen) atoms. The van der Waals surface area contributed by atoms with E-state index in [0.29, 0.717) is 13.1 Å². The highest BCUT2D eigenvalue weighted by atomic mass is 16.4. The number of unbranched alkanes of at least 4 members (excludes halogenated alkanes) is 1. The van der Waals surface area contributed by atoms with Crippen molar-refractivity contribution in [3.05, 3.63) is 11.1 Å². The molecule has 0 aliphatic heterocycles. The predicted molar refractivity (Wildman–Crippen MR) is 57.3 cm³/mol. The van der Waals surface area contributed by atoms with Crippen LogP contribution in [0.4, 0.5) is 0 Å². The SMILES string of the molecule is CC(C(=O)O)=C(C)C(=O)NCCCCN. The summed E-state index contributed by atoms with van der Waals surface area (Å²) in [6.07, 6.45) is 1.66. The molecule has 0 atom stereocenters. The molecule has 0 heterocycles. The lowest BCUT2D eigenvalue weighted by molar-refractivity contribution is -0.133. The van der Waals surface area contributed by atoms with Crippen LogP contribution in [-0.4, -0.2) is 30.1 Å². The van der Waals surface area contributed by atoms with E-state index in [1.54, 1.807) is 0 Å². The fraction of sp³-hybridized carbons (Fsp3) is 0.600. The Balaban J connectivity index is 4.11. The number of carboxylic acids is 1. The van der Waals surface area contributed by atoms with Crippen molar-refractivity contribution in [1.82, 2.24) is 5.32 Å². The molecule has 86 valence electrons. The summed E-state index contributed by atoms with van der Waals surface area (Å²) in [4.78, 5) is 22.0. The molecule has 0 aliphatic carbocycles. The van der Waals surface area contributed by atoms with Gasteiger partial charge in [0.25, 0.3) is 0 Å². The molecule has 0 aromatic carbocycles. The van der Waals surface area contributed by atoms with Crippen molar-refractivity contribution in [2.45, 2.75) is 26.7 Å². The second-order valence-electron chi connectivity index (χ2n) is 3.31. The largest absolute Gasteiger partial charge is 0.478 e. The zero-order chi connectivity index (χ0) is 11.8. The lowest BCUT2D eigenvalue weighted by Crippen LogP contribution is -2.26. The zero-order valence-electron chi connectivity index (χ0n) is 9.17. The smallest absolute Gasteiger partial charge is 0.331 e. The highest BCUT2D eigenvalue weighted by molar-refractivity contribution is 6.01. The van der Waals surface area contributed by atoms with Gasteiger partial charge < -0.3 is 16.2 Å². The Labute approximate surface area is 89.3 Å². The van der Waals surface area contributed by atoms with Crippen LogP contribution >= 0.6 is 0 Å². The van der Waals surface area contributed by atoms with Crippen LogP contribution in [0.3, 0.4) is 0 Å². The maximum atomic E-state index is 11.4. The van der Waals surface area contributed by atoms with Gasteiger partial charge in [0.1, 0.15) is 0 Å². The first-order valence-corrected chi connectivity index (χ1v) is 4.89. The Morgan fingerprint density at radius 2 is 1.80 bits per heavy atom. The van der Waals surface area contributed by atoms with Gasteiger partial charge in [-0.3, -0.25) is 4.79 Å². The third-order valence-electron chi connectivity index (χ3n) is 2.14. The highest BCUT2D eigenvalue weighted by Crippen LogP contribution is 2.03. The van der Waals surface area contributed by atoms with Crippen LogP contribution in [0.15, 0.2) is 11.1 Å². The second kappa shape index (κ2) is 7.00. The summed E-state index contributed by atoms with van der Waals surface area (Å²) in [5, 5.41) is 11.3. The molecule has 5 heteroatoms. The number of nitrogens with one attached hydrogen (secondary N) is 1. The number of carboxylic acid groups (broad SMARTS) is 1. The van der Waals surface area contributed by atoms with Crippen LogP contribution in [0.2, 0.25) is 0 Å². The fourth-order valence-electron chi connectivity index (χ4n) is 0.935. The average Bonchev–Trinajstić information content (AvgIpc) is 2.21. The zero-order valence-corrected chi connectivity index (χ0v) is 9.17. The maximum Gasteiger partial charge on any atom is 0.331 e. The Morgan fingerprint density at radius 3 is 2.27 bits per heavy atom. The van der Waals surface area contributed by atoms with E-state index >= 15 is 0 Å². The van der Waals surface area contributed by atoms with E-state index in [0.717, 1.165) is 12.8 Å². The molecule has 1 amide bonds. The lowest BCUT2D eigenvalue weighted by atomic mass is 10.1. The third-order valence-corrected chi connectivity index (χ3v) is 2.14. The van der Waals surface area contributed by atoms with Gasteiger partial charge in [-0.05, 0) is 33.2 Å². The molecule has 0 unspecified atom stereocenters. The molecular formula is C10H18N2O3. The topological polar surface area (TPSA) is 92.4 Å². The van der Waals surface area contributed by atoms with Crippen molar-refractivity contribution >= 4 is 11.9 Å². The van der Waals surface area contributed by atoms with Crippen LogP contribution < -0.4 is 11.1 Å². The van der Waals surface area contributed by atoms with Gasteiger partial charge in [-0.2, -0.15) is 0 Å². The van der Waals surface area contributed by atoms with Gasteiger partial charge >= 0.3 is 5.97 Å². The van der Waals surface area contributed by atoms with Crippen molar-refractivity contribution in [2.75, 3.05) is 13.1 Å². The van der Waals surface area contributed by atoms with Gasteiger partial charge in [0.05, 0.1) is 0 Å². The van der Waals surface area contributed by atoms with Crippen LogP contribution in [0, 0.1) is 0 Å². The van der Waals surface area contributed by atoms with E-state index in [1.807, 2.05) is 0 Å². The molecule has 4 N–H and O–H groups in total. The molecule has 0 aromatic rings. The third kappa shape index (κ3) is 5.17. The minimum absolute atomic E-state index is 0.0753.